The topological polar surface area (TPSA) is 366 Å². The summed E-state index contributed by atoms with van der Waals surface area (Å²) in [6.07, 6.45) is 2.82. The van der Waals surface area contributed by atoms with E-state index < -0.39 is 144 Å². The van der Waals surface area contributed by atoms with E-state index in [1.54, 1.807) is 136 Å². The quantitative estimate of drug-likeness (QED) is 0.0176. The van der Waals surface area contributed by atoms with Crippen molar-refractivity contribution in [3.8, 4) is 5.75 Å². The number of carboxylic acids is 2. The van der Waals surface area contributed by atoms with Gasteiger partial charge in [0.2, 0.25) is 47.3 Å². The first-order chi connectivity index (χ1) is 53.0. The predicted molar refractivity (Wildman–Crippen MR) is 421 cm³/mol. The molecule has 2 aromatic heterocycles. The van der Waals surface area contributed by atoms with Gasteiger partial charge in [0.15, 0.2) is 6.29 Å². The largest absolute Gasteiger partial charge is 0.487 e. The number of hydrogen-bond donors (Lipinski definition) is 10. The van der Waals surface area contributed by atoms with Crippen molar-refractivity contribution in [2.45, 2.75) is 185 Å². The number of likely N-dealkylation sites (N-methyl/N-ethyl adjacent to an activating group) is 3. The van der Waals surface area contributed by atoms with Crippen LogP contribution in [0.3, 0.4) is 0 Å². The highest BCUT2D eigenvalue weighted by Gasteiger charge is 2.42. The summed E-state index contributed by atoms with van der Waals surface area (Å²) >= 11 is 6.94. The van der Waals surface area contributed by atoms with E-state index in [1.165, 1.54) is 35.8 Å². The Morgan fingerprint density at radius 2 is 0.982 bits per heavy atom. The van der Waals surface area contributed by atoms with Crippen molar-refractivity contribution in [1.29, 1.82) is 0 Å². The van der Waals surface area contributed by atoms with E-state index in [0.717, 1.165) is 12.8 Å². The molecule has 0 spiro atoms. The molecule has 9 rings (SSSR count). The molecule has 1 fully saturated rings. The third-order valence-electron chi connectivity index (χ3n) is 20.2. The van der Waals surface area contributed by atoms with Gasteiger partial charge in [-0.25, -0.2) is 4.79 Å². The number of aromatic nitrogens is 2. The summed E-state index contributed by atoms with van der Waals surface area (Å²) in [4.78, 5) is 157. The molecule has 3 heterocycles. The summed E-state index contributed by atoms with van der Waals surface area (Å²) in [6.45, 7) is 11.1. The monoisotopic (exact) mass is 1540 g/mol. The van der Waals surface area contributed by atoms with E-state index in [9.17, 15) is 29.4 Å². The molecule has 26 nitrogen and oxygen atoms in total. The van der Waals surface area contributed by atoms with Crippen LogP contribution in [-0.4, -0.2) is 194 Å². The van der Waals surface area contributed by atoms with Gasteiger partial charge in [0.25, 0.3) is 0 Å². The van der Waals surface area contributed by atoms with Crippen LogP contribution in [0.15, 0.2) is 170 Å². The number of carbonyl (C=O) groups excluding carboxylic acids is 8. The number of benzene rings is 6. The fraction of sp³-hybridized carbons (Fsp3) is 0.405. The Morgan fingerprint density at radius 3 is 1.42 bits per heavy atom. The zero-order valence-electron chi connectivity index (χ0n) is 64.1. The molecule has 8 amide bonds. The maximum atomic E-state index is 16.2. The Morgan fingerprint density at radius 1 is 0.541 bits per heavy atom. The zero-order valence-corrected chi connectivity index (χ0v) is 64.8. The number of ether oxygens (including phenoxy) is 3. The molecular formula is C84H102ClN11O15. The van der Waals surface area contributed by atoms with Gasteiger partial charge in [-0.1, -0.05) is 165 Å². The summed E-state index contributed by atoms with van der Waals surface area (Å²) < 4.78 is 18.1. The first-order valence-corrected chi connectivity index (χ1v) is 37.8. The van der Waals surface area contributed by atoms with Crippen molar-refractivity contribution >= 4 is 92.6 Å². The number of H-pyrrole nitrogens is 2. The Bertz CT molecular complexity index is 4530. The van der Waals surface area contributed by atoms with Crippen LogP contribution in [0.4, 0.5) is 0 Å². The fourth-order valence-corrected chi connectivity index (χ4v) is 13.9. The molecule has 1 saturated heterocycles. The Balaban J connectivity index is 1.09. The number of amides is 8. The molecule has 111 heavy (non-hydrogen) atoms. The smallest absolute Gasteiger partial charge is 0.326 e. The van der Waals surface area contributed by atoms with Crippen LogP contribution < -0.4 is 37.1 Å². The molecule has 1 unspecified atom stereocenters. The highest BCUT2D eigenvalue weighted by molar-refractivity contribution is 6.32. The average Bonchev–Trinajstić information content (AvgIpc) is 1.78. The number of aromatic amines is 2. The second kappa shape index (κ2) is 39.1. The average molecular weight is 1540 g/mol. The number of hydrogen-bond acceptors (Lipinski definition) is 14. The molecule has 590 valence electrons. The van der Waals surface area contributed by atoms with Gasteiger partial charge in [-0.3, -0.25) is 43.2 Å². The number of aliphatic carboxylic acids is 2. The van der Waals surface area contributed by atoms with Crippen molar-refractivity contribution in [3.63, 3.8) is 0 Å². The van der Waals surface area contributed by atoms with Crippen LogP contribution in [0.1, 0.15) is 107 Å². The van der Waals surface area contributed by atoms with Gasteiger partial charge in [-0.2, -0.15) is 0 Å². The predicted octanol–water partition coefficient (Wildman–Crippen LogP) is 8.01. The van der Waals surface area contributed by atoms with E-state index in [0.29, 0.717) is 80.4 Å². The maximum Gasteiger partial charge on any atom is 0.326 e. The lowest BCUT2D eigenvalue weighted by atomic mass is 9.96. The second-order valence-corrected chi connectivity index (χ2v) is 29.9. The van der Waals surface area contributed by atoms with E-state index in [1.807, 2.05) is 75.4 Å². The summed E-state index contributed by atoms with van der Waals surface area (Å²) in [7, 11) is 4.26. The van der Waals surface area contributed by atoms with Crippen molar-refractivity contribution in [2.24, 2.45) is 11.7 Å². The van der Waals surface area contributed by atoms with Gasteiger partial charge >= 0.3 is 11.9 Å². The standard InChI is InChI=1S/C84H102ClN11O15/c1-10-50(2)74(79(103)92-66(83(107)108)47-71(97)98)93-78(102)69(44-54-30-18-13-19-31-54)95(8)81(105)65(46-57-49-88-62-35-23-21-33-59(57)62)91-77(101)67(42-52-26-14-11-15-27-52)94(7)80(104)64(45-56-48-87-61-34-22-20-32-58(56)61)90-75(99)63(41-55-37-38-70(60(85)40-55)111-84(4,5)6)89-76(100)68(43-53-28-16-12-17-29-53)96(9)82(106)73(86)51(3)110-72-36-24-25-39-109-72/h11-23,26-35,37-38,40,48-51,63-69,72-74,87-88H,10,24-25,36,39,41-47,86H2,1-9H3,(H,89,100)(H,90,99)(H,91,101)(H,92,103)(H,93,102)(H,97,98)(H,107,108)/t50-,51+,63+,64-,65-,66-,67-,68-,69-,72?,73-,74-/m0/s1. The van der Waals surface area contributed by atoms with E-state index in [4.69, 9.17) is 31.5 Å². The Hall–Kier alpha value is -10.9. The molecule has 0 radical (unpaired) electrons. The molecule has 1 aliphatic rings. The Labute approximate surface area is 651 Å². The van der Waals surface area contributed by atoms with E-state index in [2.05, 4.69) is 36.6 Å². The fourth-order valence-electron chi connectivity index (χ4n) is 13.6. The first kappa shape index (κ1) is 84.1. The molecule has 11 N–H and O–H groups in total. The number of rotatable bonds is 37. The molecular weight excluding hydrogens is 1440 g/mol. The summed E-state index contributed by atoms with van der Waals surface area (Å²) in [5.74, 6) is -9.78. The van der Waals surface area contributed by atoms with Crippen molar-refractivity contribution in [1.82, 2.24) is 51.3 Å². The lowest BCUT2D eigenvalue weighted by molar-refractivity contribution is -0.190. The molecule has 27 heteroatoms. The van der Waals surface area contributed by atoms with Crippen LogP contribution in [0.5, 0.6) is 5.75 Å². The number of fused-ring (bicyclic) bond motifs is 2. The van der Waals surface area contributed by atoms with Gasteiger partial charge in [0.05, 0.1) is 17.5 Å². The molecule has 8 aromatic rings. The normalized spacial score (nSPS) is 16.0. The first-order valence-electron chi connectivity index (χ1n) is 37.5. The van der Waals surface area contributed by atoms with E-state index in [-0.39, 0.29) is 43.5 Å². The van der Waals surface area contributed by atoms with Crippen molar-refractivity contribution in [2.75, 3.05) is 27.7 Å². The summed E-state index contributed by atoms with van der Waals surface area (Å²) in [5, 5.41) is 35.1. The lowest BCUT2D eigenvalue weighted by Crippen LogP contribution is -2.62. The van der Waals surface area contributed by atoms with Crippen LogP contribution in [0.25, 0.3) is 21.8 Å². The molecule has 0 aliphatic carbocycles. The number of para-hydroxylation sites is 2. The van der Waals surface area contributed by atoms with Crippen LogP contribution in [-0.2, 0) is 95.9 Å². The minimum absolute atomic E-state index is 0.0251. The molecule has 1 aliphatic heterocycles. The third-order valence-corrected chi connectivity index (χ3v) is 20.5. The minimum atomic E-state index is -1.84. The summed E-state index contributed by atoms with van der Waals surface area (Å²) in [6, 6.07) is 33.0. The molecule has 0 saturated carbocycles. The van der Waals surface area contributed by atoms with Gasteiger partial charge in [0, 0.05) is 100 Å². The van der Waals surface area contributed by atoms with Crippen molar-refractivity contribution < 1.29 is 72.4 Å². The van der Waals surface area contributed by atoms with Gasteiger partial charge < -0.3 is 81.4 Å². The number of carboxylic acid groups (broad SMARTS) is 2. The number of nitrogens with zero attached hydrogens (tertiary/aromatic N) is 3. The number of carbonyl (C=O) groups is 10. The number of nitrogens with two attached hydrogens (primary N) is 1. The highest BCUT2D eigenvalue weighted by atomic mass is 35.5. The van der Waals surface area contributed by atoms with E-state index >= 15 is 28.8 Å². The van der Waals surface area contributed by atoms with Gasteiger partial charge in [-0.05, 0) is 111 Å². The molecule has 6 aromatic carbocycles. The van der Waals surface area contributed by atoms with Crippen LogP contribution in [0.2, 0.25) is 5.02 Å². The highest BCUT2D eigenvalue weighted by Crippen LogP contribution is 2.31. The van der Waals surface area contributed by atoms with Gasteiger partial charge in [-0.15, -0.1) is 0 Å². The Kier molecular flexibility index (Phi) is 29.6. The van der Waals surface area contributed by atoms with Crippen LogP contribution >= 0.6 is 11.6 Å². The lowest BCUT2D eigenvalue weighted by Gasteiger charge is -2.35. The molecule has 0 bridgehead atoms. The SMILES string of the molecule is CC[C@H](C)[C@H](NC(=O)[C@H](Cc1ccccc1)N(C)C(=O)[C@H](Cc1c[nH]c2ccccc12)NC(=O)[C@H](Cc1ccccc1)N(C)C(=O)[C@H](Cc1c[nH]c2ccccc12)NC(=O)[C@@H](Cc1ccc(OC(C)(C)C)c(Cl)c1)NC(=O)[C@H](Cc1ccccc1)N(C)C(=O)[C@@H](N)[C@@H](C)OC1CCCCO1)C(=O)N[C@@H](CC(=O)O)C(=O)O. The third kappa shape index (κ3) is 23.1. The minimum Gasteiger partial charge on any atom is -0.487 e. The number of nitrogens with one attached hydrogen (secondary N) is 7. The number of halogens is 1. The zero-order chi connectivity index (χ0) is 80.2. The van der Waals surface area contributed by atoms with Crippen molar-refractivity contribution in [3.05, 3.63) is 209 Å². The second-order valence-electron chi connectivity index (χ2n) is 29.5. The van der Waals surface area contributed by atoms with Crippen LogP contribution in [0, 0.1) is 5.92 Å². The summed E-state index contributed by atoms with van der Waals surface area (Å²) in [5.41, 5.74) is 11.0. The van der Waals surface area contributed by atoms with Gasteiger partial charge in [0.1, 0.15) is 65.7 Å². The maximum absolute atomic E-state index is 16.2. The molecule has 12 atom stereocenters.